The Morgan fingerprint density at radius 3 is 2.85 bits per heavy atom. The summed E-state index contributed by atoms with van der Waals surface area (Å²) in [6.07, 6.45) is 12.6. The molecule has 0 bridgehead atoms. The topological polar surface area (TPSA) is 26.3 Å². The third kappa shape index (κ3) is 1.89. The minimum Gasteiger partial charge on any atom is -0.454 e. The Morgan fingerprint density at radius 1 is 1.23 bits per heavy atom. The lowest BCUT2D eigenvalue weighted by atomic mass is 9.99. The van der Waals surface area contributed by atoms with E-state index in [-0.39, 0.29) is 12.1 Å². The maximum Gasteiger partial charge on any atom is 0.331 e. The standard InChI is InChI=1S/C11H12O2/c12-11-8-4-7-10(13-11)9-5-2-1-3-6-9/h2,4-6,8,10H,1,3,7H2/t10-/m1/s1. The van der Waals surface area contributed by atoms with Crippen LogP contribution in [0.25, 0.3) is 0 Å². The second-order valence-corrected chi connectivity index (χ2v) is 3.25. The monoisotopic (exact) mass is 176 g/mol. The largest absolute Gasteiger partial charge is 0.454 e. The van der Waals surface area contributed by atoms with Crippen LogP contribution in [-0.4, -0.2) is 12.1 Å². The van der Waals surface area contributed by atoms with Crippen LogP contribution in [0, 0.1) is 0 Å². The van der Waals surface area contributed by atoms with Gasteiger partial charge in [-0.3, -0.25) is 0 Å². The minimum atomic E-state index is -0.226. The Hall–Kier alpha value is -1.31. The van der Waals surface area contributed by atoms with Crippen molar-refractivity contribution in [1.29, 1.82) is 0 Å². The van der Waals surface area contributed by atoms with E-state index < -0.39 is 0 Å². The molecule has 0 radical (unpaired) electrons. The van der Waals surface area contributed by atoms with Crippen LogP contribution >= 0.6 is 0 Å². The molecule has 1 atom stereocenters. The van der Waals surface area contributed by atoms with E-state index in [1.807, 2.05) is 6.08 Å². The summed E-state index contributed by atoms with van der Waals surface area (Å²) >= 11 is 0. The Morgan fingerprint density at radius 2 is 2.15 bits per heavy atom. The molecule has 0 unspecified atom stereocenters. The summed E-state index contributed by atoms with van der Waals surface area (Å²) in [4.78, 5) is 11.0. The predicted molar refractivity (Wildman–Crippen MR) is 50.1 cm³/mol. The number of esters is 1. The Kier molecular flexibility index (Phi) is 2.30. The zero-order chi connectivity index (χ0) is 9.10. The van der Waals surface area contributed by atoms with Gasteiger partial charge in [-0.25, -0.2) is 4.79 Å². The van der Waals surface area contributed by atoms with E-state index in [4.69, 9.17) is 4.74 Å². The summed E-state index contributed by atoms with van der Waals surface area (Å²) in [5.74, 6) is -0.226. The van der Waals surface area contributed by atoms with E-state index in [0.717, 1.165) is 24.8 Å². The first kappa shape index (κ1) is 8.30. The fourth-order valence-electron chi connectivity index (χ4n) is 1.59. The molecule has 0 amide bonds. The Bertz CT molecular complexity index is 297. The third-order valence-electron chi connectivity index (χ3n) is 2.26. The van der Waals surface area contributed by atoms with Crippen molar-refractivity contribution in [2.45, 2.75) is 25.4 Å². The number of hydrogen-bond acceptors (Lipinski definition) is 2. The van der Waals surface area contributed by atoms with Gasteiger partial charge >= 0.3 is 5.97 Å². The van der Waals surface area contributed by atoms with Crippen molar-refractivity contribution in [2.75, 3.05) is 0 Å². The molecule has 2 heteroatoms. The van der Waals surface area contributed by atoms with Crippen LogP contribution in [0.5, 0.6) is 0 Å². The van der Waals surface area contributed by atoms with E-state index in [2.05, 4.69) is 18.2 Å². The molecule has 0 aromatic carbocycles. The van der Waals surface area contributed by atoms with Crippen LogP contribution in [-0.2, 0) is 9.53 Å². The smallest absolute Gasteiger partial charge is 0.331 e. The maximum absolute atomic E-state index is 11.0. The van der Waals surface area contributed by atoms with Crippen molar-refractivity contribution in [3.63, 3.8) is 0 Å². The molecule has 2 nitrogen and oxygen atoms in total. The first-order valence-corrected chi connectivity index (χ1v) is 4.60. The molecule has 1 heterocycles. The third-order valence-corrected chi connectivity index (χ3v) is 2.26. The average molecular weight is 176 g/mol. The fourth-order valence-corrected chi connectivity index (χ4v) is 1.59. The molecule has 1 aliphatic carbocycles. The van der Waals surface area contributed by atoms with Gasteiger partial charge in [0.1, 0.15) is 6.10 Å². The quantitative estimate of drug-likeness (QED) is 0.572. The SMILES string of the molecule is O=C1C=CC[C@H](C2=CCCC=C2)O1. The molecule has 2 aliphatic rings. The zero-order valence-electron chi connectivity index (χ0n) is 7.40. The van der Waals surface area contributed by atoms with E-state index in [1.54, 1.807) is 0 Å². The van der Waals surface area contributed by atoms with Crippen molar-refractivity contribution in [3.05, 3.63) is 36.0 Å². The van der Waals surface area contributed by atoms with Crippen molar-refractivity contribution >= 4 is 5.97 Å². The van der Waals surface area contributed by atoms with Gasteiger partial charge in [-0.1, -0.05) is 24.3 Å². The van der Waals surface area contributed by atoms with E-state index in [0.29, 0.717) is 0 Å². The highest BCUT2D eigenvalue weighted by Gasteiger charge is 2.18. The van der Waals surface area contributed by atoms with Crippen LogP contribution in [0.1, 0.15) is 19.3 Å². The first-order chi connectivity index (χ1) is 6.36. The van der Waals surface area contributed by atoms with Gasteiger partial charge in [-0.05, 0) is 18.4 Å². The lowest BCUT2D eigenvalue weighted by Crippen LogP contribution is -2.21. The van der Waals surface area contributed by atoms with Crippen molar-refractivity contribution in [1.82, 2.24) is 0 Å². The predicted octanol–water partition coefficient (Wildman–Crippen LogP) is 2.13. The molecule has 2 rings (SSSR count). The summed E-state index contributed by atoms with van der Waals surface area (Å²) < 4.78 is 5.18. The van der Waals surface area contributed by atoms with Crippen molar-refractivity contribution in [2.24, 2.45) is 0 Å². The van der Waals surface area contributed by atoms with Gasteiger partial charge in [-0.15, -0.1) is 0 Å². The van der Waals surface area contributed by atoms with Crippen molar-refractivity contribution in [3.8, 4) is 0 Å². The molecule has 0 spiro atoms. The van der Waals surface area contributed by atoms with Crippen LogP contribution in [0.15, 0.2) is 36.0 Å². The molecular weight excluding hydrogens is 164 g/mol. The molecule has 1 aliphatic heterocycles. The highest BCUT2D eigenvalue weighted by Crippen LogP contribution is 2.21. The molecular formula is C11H12O2. The van der Waals surface area contributed by atoms with Crippen LogP contribution in [0.4, 0.5) is 0 Å². The molecule has 0 N–H and O–H groups in total. The zero-order valence-corrected chi connectivity index (χ0v) is 7.40. The fraction of sp³-hybridized carbons (Fsp3) is 0.364. The van der Waals surface area contributed by atoms with Gasteiger partial charge in [0.15, 0.2) is 0 Å². The number of carbonyl (C=O) groups is 1. The molecule has 13 heavy (non-hydrogen) atoms. The van der Waals surface area contributed by atoms with E-state index >= 15 is 0 Å². The van der Waals surface area contributed by atoms with Gasteiger partial charge in [0.25, 0.3) is 0 Å². The summed E-state index contributed by atoms with van der Waals surface area (Å²) in [7, 11) is 0. The van der Waals surface area contributed by atoms with Gasteiger partial charge in [-0.2, -0.15) is 0 Å². The first-order valence-electron chi connectivity index (χ1n) is 4.60. The van der Waals surface area contributed by atoms with Crippen LogP contribution in [0.3, 0.4) is 0 Å². The molecule has 0 aromatic heterocycles. The molecule has 0 aromatic rings. The second-order valence-electron chi connectivity index (χ2n) is 3.25. The lowest BCUT2D eigenvalue weighted by molar-refractivity contribution is -0.142. The summed E-state index contributed by atoms with van der Waals surface area (Å²) in [6.45, 7) is 0. The van der Waals surface area contributed by atoms with Gasteiger partial charge in [0, 0.05) is 12.5 Å². The maximum atomic E-state index is 11.0. The highest BCUT2D eigenvalue weighted by atomic mass is 16.5. The Labute approximate surface area is 77.6 Å². The normalized spacial score (nSPS) is 26.9. The Balaban J connectivity index is 2.09. The molecule has 68 valence electrons. The second kappa shape index (κ2) is 3.60. The number of ether oxygens (including phenoxy) is 1. The van der Waals surface area contributed by atoms with Crippen LogP contribution in [0.2, 0.25) is 0 Å². The number of hydrogen-bond donors (Lipinski definition) is 0. The molecule has 0 saturated carbocycles. The summed E-state index contributed by atoms with van der Waals surface area (Å²) in [6, 6.07) is 0. The van der Waals surface area contributed by atoms with Crippen molar-refractivity contribution < 1.29 is 9.53 Å². The van der Waals surface area contributed by atoms with E-state index in [9.17, 15) is 4.79 Å². The van der Waals surface area contributed by atoms with E-state index in [1.165, 1.54) is 6.08 Å². The summed E-state index contributed by atoms with van der Waals surface area (Å²) in [5.41, 5.74) is 1.14. The molecule has 0 saturated heterocycles. The number of rotatable bonds is 1. The highest BCUT2D eigenvalue weighted by molar-refractivity contribution is 5.83. The number of carbonyl (C=O) groups excluding carboxylic acids is 1. The van der Waals surface area contributed by atoms with Gasteiger partial charge < -0.3 is 4.74 Å². The molecule has 0 fully saturated rings. The average Bonchev–Trinajstić information content (AvgIpc) is 2.19. The number of cyclic esters (lactones) is 1. The lowest BCUT2D eigenvalue weighted by Gasteiger charge is -2.21. The van der Waals surface area contributed by atoms with Gasteiger partial charge in [0.05, 0.1) is 0 Å². The van der Waals surface area contributed by atoms with Crippen LogP contribution < -0.4 is 0 Å². The number of allylic oxidation sites excluding steroid dienone is 2. The minimum absolute atomic E-state index is 0.0472. The summed E-state index contributed by atoms with van der Waals surface area (Å²) in [5, 5.41) is 0. The van der Waals surface area contributed by atoms with Gasteiger partial charge in [0.2, 0.25) is 0 Å².